The Kier molecular flexibility index (Phi) is 3.79. The first-order chi connectivity index (χ1) is 8.59. The fourth-order valence-corrected chi connectivity index (χ4v) is 1.85. The standard InChI is InChI=1S/C12H9Cl2NO3/c13-8-2-1-3-9(11(8)14)15-6-10-7(12(16)17)4-5-18-10/h1-5,15H,6H2,(H,16,17). The number of rotatable bonds is 4. The summed E-state index contributed by atoms with van der Waals surface area (Å²) >= 11 is 11.9. The fourth-order valence-electron chi connectivity index (χ4n) is 1.48. The first-order valence-electron chi connectivity index (χ1n) is 5.07. The first-order valence-corrected chi connectivity index (χ1v) is 5.82. The molecular formula is C12H9Cl2NO3. The van der Waals surface area contributed by atoms with Crippen LogP contribution in [0.15, 0.2) is 34.9 Å². The van der Waals surface area contributed by atoms with E-state index in [2.05, 4.69) is 5.32 Å². The SMILES string of the molecule is O=C(O)c1ccoc1CNc1cccc(Cl)c1Cl. The summed E-state index contributed by atoms with van der Waals surface area (Å²) in [5.41, 5.74) is 0.748. The van der Waals surface area contributed by atoms with E-state index in [4.69, 9.17) is 32.7 Å². The van der Waals surface area contributed by atoms with Crippen molar-refractivity contribution in [2.24, 2.45) is 0 Å². The highest BCUT2D eigenvalue weighted by Crippen LogP contribution is 2.30. The summed E-state index contributed by atoms with van der Waals surface area (Å²) < 4.78 is 5.10. The second kappa shape index (κ2) is 5.33. The van der Waals surface area contributed by atoms with Crippen molar-refractivity contribution in [3.05, 3.63) is 51.9 Å². The molecule has 0 unspecified atom stereocenters. The van der Waals surface area contributed by atoms with Gasteiger partial charge in [0.2, 0.25) is 0 Å². The zero-order valence-corrected chi connectivity index (χ0v) is 10.6. The van der Waals surface area contributed by atoms with Gasteiger partial charge in [-0.15, -0.1) is 0 Å². The normalized spacial score (nSPS) is 10.3. The predicted molar refractivity (Wildman–Crippen MR) is 69.5 cm³/mol. The highest BCUT2D eigenvalue weighted by atomic mass is 35.5. The third-order valence-corrected chi connectivity index (χ3v) is 3.19. The molecule has 0 aliphatic carbocycles. The number of carbonyl (C=O) groups is 1. The molecule has 0 spiro atoms. The van der Waals surface area contributed by atoms with Crippen LogP contribution in [0.25, 0.3) is 0 Å². The lowest BCUT2D eigenvalue weighted by atomic mass is 10.2. The van der Waals surface area contributed by atoms with Gasteiger partial charge in [-0.25, -0.2) is 4.79 Å². The maximum atomic E-state index is 10.9. The lowest BCUT2D eigenvalue weighted by molar-refractivity contribution is 0.0694. The minimum Gasteiger partial charge on any atom is -0.478 e. The zero-order chi connectivity index (χ0) is 13.1. The van der Waals surface area contributed by atoms with E-state index in [1.165, 1.54) is 12.3 Å². The van der Waals surface area contributed by atoms with E-state index in [1.807, 2.05) is 0 Å². The molecule has 18 heavy (non-hydrogen) atoms. The zero-order valence-electron chi connectivity index (χ0n) is 9.11. The van der Waals surface area contributed by atoms with Crippen LogP contribution < -0.4 is 5.32 Å². The third-order valence-electron chi connectivity index (χ3n) is 2.37. The van der Waals surface area contributed by atoms with Crippen LogP contribution in [0.3, 0.4) is 0 Å². The molecule has 2 aromatic rings. The number of anilines is 1. The van der Waals surface area contributed by atoms with Gasteiger partial charge in [-0.2, -0.15) is 0 Å². The molecule has 0 saturated heterocycles. The Morgan fingerprint density at radius 1 is 1.33 bits per heavy atom. The number of carboxylic acid groups (broad SMARTS) is 1. The summed E-state index contributed by atoms with van der Waals surface area (Å²) in [6.45, 7) is 0.217. The minimum atomic E-state index is -1.03. The second-order valence-corrected chi connectivity index (χ2v) is 4.30. The van der Waals surface area contributed by atoms with Crippen molar-refractivity contribution in [3.63, 3.8) is 0 Å². The molecule has 6 heteroatoms. The Morgan fingerprint density at radius 3 is 2.83 bits per heavy atom. The van der Waals surface area contributed by atoms with E-state index in [1.54, 1.807) is 18.2 Å². The number of hydrogen-bond donors (Lipinski definition) is 2. The molecule has 2 N–H and O–H groups in total. The quantitative estimate of drug-likeness (QED) is 0.894. The Hall–Kier alpha value is -1.65. The largest absolute Gasteiger partial charge is 0.478 e. The van der Waals surface area contributed by atoms with Crippen LogP contribution in [0, 0.1) is 0 Å². The molecule has 1 aromatic heterocycles. The number of benzene rings is 1. The summed E-state index contributed by atoms with van der Waals surface area (Å²) in [4.78, 5) is 10.9. The Morgan fingerprint density at radius 2 is 2.11 bits per heavy atom. The van der Waals surface area contributed by atoms with Crippen LogP contribution in [0.4, 0.5) is 5.69 Å². The molecule has 2 rings (SSSR count). The van der Waals surface area contributed by atoms with E-state index in [0.29, 0.717) is 21.5 Å². The molecule has 4 nitrogen and oxygen atoms in total. The van der Waals surface area contributed by atoms with Crippen molar-refractivity contribution in [1.29, 1.82) is 0 Å². The molecule has 0 atom stereocenters. The van der Waals surface area contributed by atoms with Crippen molar-refractivity contribution in [1.82, 2.24) is 0 Å². The lowest BCUT2D eigenvalue weighted by Gasteiger charge is -2.08. The van der Waals surface area contributed by atoms with Gasteiger partial charge in [-0.05, 0) is 18.2 Å². The van der Waals surface area contributed by atoms with Crippen molar-refractivity contribution in [3.8, 4) is 0 Å². The average Bonchev–Trinajstić information content (AvgIpc) is 2.79. The van der Waals surface area contributed by atoms with Crippen molar-refractivity contribution < 1.29 is 14.3 Å². The number of aromatic carboxylic acids is 1. The molecule has 0 aliphatic rings. The number of halogens is 2. The van der Waals surface area contributed by atoms with Gasteiger partial charge in [-0.1, -0.05) is 29.3 Å². The molecule has 0 bridgehead atoms. The third kappa shape index (κ3) is 2.60. The van der Waals surface area contributed by atoms with Gasteiger partial charge >= 0.3 is 5.97 Å². The Bertz CT molecular complexity index is 580. The van der Waals surface area contributed by atoms with Crippen LogP contribution >= 0.6 is 23.2 Å². The maximum absolute atomic E-state index is 10.9. The molecule has 0 fully saturated rings. The topological polar surface area (TPSA) is 62.5 Å². The highest BCUT2D eigenvalue weighted by molar-refractivity contribution is 6.43. The number of furan rings is 1. The van der Waals surface area contributed by atoms with Crippen LogP contribution in [-0.2, 0) is 6.54 Å². The van der Waals surface area contributed by atoms with Gasteiger partial charge in [0.1, 0.15) is 11.3 Å². The monoisotopic (exact) mass is 285 g/mol. The van der Waals surface area contributed by atoms with E-state index < -0.39 is 5.97 Å². The van der Waals surface area contributed by atoms with Crippen LogP contribution in [0.1, 0.15) is 16.1 Å². The van der Waals surface area contributed by atoms with Gasteiger partial charge in [-0.3, -0.25) is 0 Å². The maximum Gasteiger partial charge on any atom is 0.339 e. The van der Waals surface area contributed by atoms with E-state index >= 15 is 0 Å². The molecule has 0 saturated carbocycles. The molecule has 94 valence electrons. The summed E-state index contributed by atoms with van der Waals surface area (Å²) in [5.74, 6) is -0.698. The summed E-state index contributed by atoms with van der Waals surface area (Å²) in [7, 11) is 0. The molecule has 0 amide bonds. The van der Waals surface area contributed by atoms with Crippen LogP contribution in [0.2, 0.25) is 10.0 Å². The van der Waals surface area contributed by atoms with Gasteiger partial charge in [0, 0.05) is 0 Å². The Balaban J connectivity index is 2.14. The fraction of sp³-hybridized carbons (Fsp3) is 0.0833. The first kappa shape index (κ1) is 12.8. The van der Waals surface area contributed by atoms with Crippen molar-refractivity contribution >= 4 is 34.9 Å². The molecule has 1 heterocycles. The van der Waals surface area contributed by atoms with Crippen LogP contribution in [-0.4, -0.2) is 11.1 Å². The van der Waals surface area contributed by atoms with Gasteiger partial charge in [0.05, 0.1) is 28.5 Å². The molecule has 0 radical (unpaired) electrons. The van der Waals surface area contributed by atoms with Crippen LogP contribution in [0.5, 0.6) is 0 Å². The molecular weight excluding hydrogens is 277 g/mol. The summed E-state index contributed by atoms with van der Waals surface area (Å²) in [6.07, 6.45) is 1.33. The van der Waals surface area contributed by atoms with Gasteiger partial charge in [0.15, 0.2) is 0 Å². The summed E-state index contributed by atoms with van der Waals surface area (Å²) in [5, 5.41) is 12.7. The van der Waals surface area contributed by atoms with Crippen molar-refractivity contribution in [2.45, 2.75) is 6.54 Å². The van der Waals surface area contributed by atoms with Gasteiger partial charge < -0.3 is 14.8 Å². The summed E-state index contributed by atoms with van der Waals surface area (Å²) in [6, 6.07) is 6.57. The van der Waals surface area contributed by atoms with E-state index in [-0.39, 0.29) is 12.1 Å². The highest BCUT2D eigenvalue weighted by Gasteiger charge is 2.13. The smallest absolute Gasteiger partial charge is 0.339 e. The second-order valence-electron chi connectivity index (χ2n) is 3.52. The van der Waals surface area contributed by atoms with Gasteiger partial charge in [0.25, 0.3) is 0 Å². The number of carboxylic acids is 1. The minimum absolute atomic E-state index is 0.126. The molecule has 0 aliphatic heterocycles. The lowest BCUT2D eigenvalue weighted by Crippen LogP contribution is -2.04. The van der Waals surface area contributed by atoms with E-state index in [9.17, 15) is 4.79 Å². The Labute approximate surface area is 113 Å². The average molecular weight is 286 g/mol. The molecule has 1 aromatic carbocycles. The number of hydrogen-bond acceptors (Lipinski definition) is 3. The number of nitrogens with one attached hydrogen (secondary N) is 1. The predicted octanol–water partition coefficient (Wildman–Crippen LogP) is 3.90. The van der Waals surface area contributed by atoms with E-state index in [0.717, 1.165) is 0 Å². The van der Waals surface area contributed by atoms with Crippen molar-refractivity contribution in [2.75, 3.05) is 5.32 Å².